The van der Waals surface area contributed by atoms with Crippen LogP contribution in [0.4, 0.5) is 15.8 Å². The van der Waals surface area contributed by atoms with Crippen molar-refractivity contribution in [2.75, 3.05) is 43.5 Å². The zero-order valence-corrected chi connectivity index (χ0v) is 17.5. The highest BCUT2D eigenvalue weighted by molar-refractivity contribution is 7.89. The van der Waals surface area contributed by atoms with Crippen molar-refractivity contribution in [3.05, 3.63) is 52.3 Å². The quantitative estimate of drug-likeness (QED) is 0.689. The predicted octanol–water partition coefficient (Wildman–Crippen LogP) is 3.20. The molecule has 0 spiro atoms. The molecule has 2 N–H and O–H groups in total. The van der Waals surface area contributed by atoms with Crippen molar-refractivity contribution in [2.24, 2.45) is 0 Å². The second kappa shape index (κ2) is 9.27. The minimum Gasteiger partial charge on any atom is -0.379 e. The molecule has 0 aromatic heterocycles. The van der Waals surface area contributed by atoms with Crippen LogP contribution < -0.4 is 10.6 Å². The third-order valence-corrected chi connectivity index (χ3v) is 6.86. The summed E-state index contributed by atoms with van der Waals surface area (Å²) in [5.41, 5.74) is 0.657. The Morgan fingerprint density at radius 1 is 1.07 bits per heavy atom. The summed E-state index contributed by atoms with van der Waals surface area (Å²) in [5.74, 6) is -1.05. The van der Waals surface area contributed by atoms with E-state index in [9.17, 15) is 17.6 Å². The van der Waals surface area contributed by atoms with Gasteiger partial charge in [-0.1, -0.05) is 23.2 Å². The van der Waals surface area contributed by atoms with Crippen LogP contribution in [0.2, 0.25) is 10.0 Å². The third-order valence-electron chi connectivity index (χ3n) is 4.18. The first kappa shape index (κ1) is 21.8. The molecule has 0 radical (unpaired) electrons. The van der Waals surface area contributed by atoms with Gasteiger partial charge in [0.2, 0.25) is 15.9 Å². The van der Waals surface area contributed by atoms with Gasteiger partial charge >= 0.3 is 0 Å². The van der Waals surface area contributed by atoms with Crippen molar-refractivity contribution in [2.45, 2.75) is 4.90 Å². The highest BCUT2D eigenvalue weighted by Crippen LogP contribution is 2.28. The van der Waals surface area contributed by atoms with Crippen molar-refractivity contribution >= 4 is 50.5 Å². The first-order valence-electron chi connectivity index (χ1n) is 8.63. The number of sulfonamides is 1. The lowest BCUT2D eigenvalue weighted by molar-refractivity contribution is -0.114. The summed E-state index contributed by atoms with van der Waals surface area (Å²) >= 11 is 11.7. The van der Waals surface area contributed by atoms with Gasteiger partial charge in [-0.05, 0) is 36.4 Å². The van der Waals surface area contributed by atoms with Crippen LogP contribution >= 0.6 is 23.2 Å². The minimum absolute atomic E-state index is 0.0184. The van der Waals surface area contributed by atoms with Crippen molar-refractivity contribution < 1.29 is 22.3 Å². The molecule has 0 atom stereocenters. The van der Waals surface area contributed by atoms with Crippen LogP contribution in [-0.2, 0) is 19.6 Å². The minimum atomic E-state index is -3.81. The summed E-state index contributed by atoms with van der Waals surface area (Å²) in [6.45, 7) is 0.928. The lowest BCUT2D eigenvalue weighted by Gasteiger charge is -2.26. The molecule has 1 aliphatic rings. The van der Waals surface area contributed by atoms with Crippen LogP contribution in [0.15, 0.2) is 41.3 Å². The summed E-state index contributed by atoms with van der Waals surface area (Å²) in [7, 11) is -3.81. The SMILES string of the molecule is O=C(CNc1ccc(Cl)c(F)c1)Nc1ccc(Cl)c(S(=O)(=O)N2CCOCC2)c1. The van der Waals surface area contributed by atoms with E-state index in [2.05, 4.69) is 10.6 Å². The van der Waals surface area contributed by atoms with Gasteiger partial charge in [-0.3, -0.25) is 4.79 Å². The van der Waals surface area contributed by atoms with E-state index in [1.54, 1.807) is 0 Å². The van der Waals surface area contributed by atoms with Gasteiger partial charge in [0.15, 0.2) is 0 Å². The fraction of sp³-hybridized carbons (Fsp3) is 0.278. The molecule has 29 heavy (non-hydrogen) atoms. The molecule has 2 aromatic carbocycles. The Kier molecular flexibility index (Phi) is 6.97. The zero-order chi connectivity index (χ0) is 21.0. The van der Waals surface area contributed by atoms with E-state index in [1.807, 2.05) is 0 Å². The monoisotopic (exact) mass is 461 g/mol. The van der Waals surface area contributed by atoms with E-state index in [-0.39, 0.29) is 40.3 Å². The first-order chi connectivity index (χ1) is 13.8. The van der Waals surface area contributed by atoms with Crippen molar-refractivity contribution in [3.63, 3.8) is 0 Å². The maximum atomic E-state index is 13.4. The number of morpholine rings is 1. The topological polar surface area (TPSA) is 87.7 Å². The summed E-state index contributed by atoms with van der Waals surface area (Å²) in [5, 5.41) is 5.40. The Morgan fingerprint density at radius 3 is 2.41 bits per heavy atom. The van der Waals surface area contributed by atoms with Crippen LogP contribution in [0.3, 0.4) is 0 Å². The van der Waals surface area contributed by atoms with Gasteiger partial charge in [0, 0.05) is 24.5 Å². The van der Waals surface area contributed by atoms with E-state index in [1.165, 1.54) is 40.7 Å². The van der Waals surface area contributed by atoms with E-state index in [4.69, 9.17) is 27.9 Å². The molecule has 1 aliphatic heterocycles. The maximum absolute atomic E-state index is 13.4. The average Bonchev–Trinajstić information content (AvgIpc) is 2.71. The number of amides is 1. The Labute approximate surface area is 177 Å². The standard InChI is InChI=1S/C18H18Cl2FN3O4S/c19-14-3-1-12(9-16(14)21)22-11-18(25)23-13-2-4-15(20)17(10-13)29(26,27)24-5-7-28-8-6-24/h1-4,9-10,22H,5-8,11H2,(H,23,25). The average molecular weight is 462 g/mol. The molecule has 11 heteroatoms. The van der Waals surface area contributed by atoms with Gasteiger partial charge in [0.05, 0.1) is 29.8 Å². The summed E-state index contributed by atoms with van der Waals surface area (Å²) in [6, 6.07) is 8.30. The molecule has 156 valence electrons. The Hall–Kier alpha value is -1.91. The highest BCUT2D eigenvalue weighted by Gasteiger charge is 2.28. The number of anilines is 2. The van der Waals surface area contributed by atoms with Crippen LogP contribution in [0.5, 0.6) is 0 Å². The van der Waals surface area contributed by atoms with Gasteiger partial charge in [-0.25, -0.2) is 12.8 Å². The summed E-state index contributed by atoms with van der Waals surface area (Å²) in [6.07, 6.45) is 0. The second-order valence-electron chi connectivity index (χ2n) is 6.19. The van der Waals surface area contributed by atoms with Crippen LogP contribution in [-0.4, -0.2) is 51.5 Å². The first-order valence-corrected chi connectivity index (χ1v) is 10.8. The molecule has 1 amide bonds. The normalized spacial score (nSPS) is 15.1. The number of ether oxygens (including phenoxy) is 1. The zero-order valence-electron chi connectivity index (χ0n) is 15.1. The molecule has 1 fully saturated rings. The molecule has 1 saturated heterocycles. The molecular formula is C18H18Cl2FN3O4S. The lowest BCUT2D eigenvalue weighted by Crippen LogP contribution is -2.40. The lowest BCUT2D eigenvalue weighted by atomic mass is 10.3. The summed E-state index contributed by atoms with van der Waals surface area (Å²) < 4.78 is 45.6. The molecule has 0 bridgehead atoms. The van der Waals surface area contributed by atoms with E-state index >= 15 is 0 Å². The molecule has 3 rings (SSSR count). The number of carbonyl (C=O) groups excluding carboxylic acids is 1. The second-order valence-corrected chi connectivity index (χ2v) is 8.91. The maximum Gasteiger partial charge on any atom is 0.244 e. The van der Waals surface area contributed by atoms with E-state index < -0.39 is 21.7 Å². The molecule has 1 heterocycles. The number of carbonyl (C=O) groups is 1. The smallest absolute Gasteiger partial charge is 0.244 e. The number of hydrogen-bond acceptors (Lipinski definition) is 5. The van der Waals surface area contributed by atoms with Gasteiger partial charge in [0.1, 0.15) is 10.7 Å². The number of rotatable bonds is 6. The van der Waals surface area contributed by atoms with Crippen LogP contribution in [0.25, 0.3) is 0 Å². The van der Waals surface area contributed by atoms with Crippen molar-refractivity contribution in [1.82, 2.24) is 4.31 Å². The Morgan fingerprint density at radius 2 is 1.72 bits per heavy atom. The van der Waals surface area contributed by atoms with Crippen LogP contribution in [0.1, 0.15) is 0 Å². The Balaban J connectivity index is 1.68. The number of hydrogen-bond donors (Lipinski definition) is 2. The van der Waals surface area contributed by atoms with Crippen molar-refractivity contribution in [1.29, 1.82) is 0 Å². The van der Waals surface area contributed by atoms with Gasteiger partial charge in [-0.2, -0.15) is 4.31 Å². The molecule has 0 saturated carbocycles. The number of nitrogens with zero attached hydrogens (tertiary/aromatic N) is 1. The van der Waals surface area contributed by atoms with Gasteiger partial charge in [-0.15, -0.1) is 0 Å². The molecule has 2 aromatic rings. The fourth-order valence-electron chi connectivity index (χ4n) is 2.70. The molecule has 0 unspecified atom stereocenters. The Bertz CT molecular complexity index is 1010. The predicted molar refractivity (Wildman–Crippen MR) is 110 cm³/mol. The van der Waals surface area contributed by atoms with Gasteiger partial charge in [0.25, 0.3) is 0 Å². The number of benzene rings is 2. The van der Waals surface area contributed by atoms with Crippen molar-refractivity contribution in [3.8, 4) is 0 Å². The molecule has 0 aliphatic carbocycles. The molecule has 7 nitrogen and oxygen atoms in total. The number of nitrogens with one attached hydrogen (secondary N) is 2. The summed E-state index contributed by atoms with van der Waals surface area (Å²) in [4.78, 5) is 12.1. The fourth-order valence-corrected chi connectivity index (χ4v) is 4.72. The largest absolute Gasteiger partial charge is 0.379 e. The number of halogens is 3. The molecular weight excluding hydrogens is 444 g/mol. The van der Waals surface area contributed by atoms with Crippen LogP contribution in [0, 0.1) is 5.82 Å². The third kappa shape index (κ3) is 5.37. The highest BCUT2D eigenvalue weighted by atomic mass is 35.5. The van der Waals surface area contributed by atoms with E-state index in [0.29, 0.717) is 18.9 Å². The van der Waals surface area contributed by atoms with E-state index in [0.717, 1.165) is 0 Å². The van der Waals surface area contributed by atoms with Gasteiger partial charge < -0.3 is 15.4 Å².